The Bertz CT molecular complexity index is 1190. The molecule has 1 amide bonds. The maximum Gasteiger partial charge on any atom is 0.451 e. The second-order valence-corrected chi connectivity index (χ2v) is 10.1. The highest BCUT2D eigenvalue weighted by molar-refractivity contribution is 7.14. The lowest BCUT2D eigenvalue weighted by Crippen LogP contribution is -2.46. The minimum absolute atomic E-state index is 0.0646. The number of thiazole rings is 1. The average molecular weight is 506 g/mol. The number of ether oxygens (including phenoxy) is 1. The summed E-state index contributed by atoms with van der Waals surface area (Å²) in [4.78, 5) is 27.5. The van der Waals surface area contributed by atoms with Gasteiger partial charge in [-0.2, -0.15) is 13.2 Å². The van der Waals surface area contributed by atoms with Gasteiger partial charge in [-0.25, -0.2) is 15.0 Å². The number of benzene rings is 1. The van der Waals surface area contributed by atoms with Crippen LogP contribution in [0.1, 0.15) is 52.4 Å². The number of hydrogen-bond acceptors (Lipinski definition) is 7. The van der Waals surface area contributed by atoms with E-state index in [1.807, 2.05) is 27.1 Å². The summed E-state index contributed by atoms with van der Waals surface area (Å²) in [5, 5.41) is 3.58. The van der Waals surface area contributed by atoms with Crippen molar-refractivity contribution in [2.24, 2.45) is 0 Å². The molecular weight excluding hydrogens is 479 g/mol. The Morgan fingerprint density at radius 1 is 1.14 bits per heavy atom. The fourth-order valence-corrected chi connectivity index (χ4v) is 4.48. The summed E-state index contributed by atoms with van der Waals surface area (Å²) >= 11 is 1.51. The minimum Gasteiger partial charge on any atom is -0.490 e. The molecule has 0 aliphatic heterocycles. The summed E-state index contributed by atoms with van der Waals surface area (Å²) < 4.78 is 44.4. The van der Waals surface area contributed by atoms with Crippen molar-refractivity contribution in [3.8, 4) is 16.3 Å². The van der Waals surface area contributed by atoms with E-state index < -0.39 is 23.9 Å². The molecule has 0 spiro atoms. The lowest BCUT2D eigenvalue weighted by molar-refractivity contribution is -0.145. The van der Waals surface area contributed by atoms with Gasteiger partial charge in [0, 0.05) is 46.2 Å². The van der Waals surface area contributed by atoms with Crippen LogP contribution in [0.5, 0.6) is 5.75 Å². The lowest BCUT2D eigenvalue weighted by Gasteiger charge is -2.39. The molecule has 1 aliphatic carbocycles. The largest absolute Gasteiger partial charge is 0.490 e. The van der Waals surface area contributed by atoms with Gasteiger partial charge in [0.1, 0.15) is 16.9 Å². The van der Waals surface area contributed by atoms with Crippen LogP contribution in [0.2, 0.25) is 0 Å². The van der Waals surface area contributed by atoms with Crippen LogP contribution < -0.4 is 10.1 Å². The van der Waals surface area contributed by atoms with Gasteiger partial charge in [-0.1, -0.05) is 0 Å². The third-order valence-corrected chi connectivity index (χ3v) is 6.87. The van der Waals surface area contributed by atoms with Crippen LogP contribution in [0.3, 0.4) is 0 Å². The van der Waals surface area contributed by atoms with E-state index in [0.29, 0.717) is 22.9 Å². The number of hydrogen-bond donors (Lipinski definition) is 1. The molecule has 1 aliphatic rings. The zero-order chi connectivity index (χ0) is 25.3. The van der Waals surface area contributed by atoms with Crippen molar-refractivity contribution in [3.63, 3.8) is 0 Å². The van der Waals surface area contributed by atoms with E-state index in [-0.39, 0.29) is 6.10 Å². The molecule has 3 aromatic rings. The monoisotopic (exact) mass is 505 g/mol. The third-order valence-electron chi connectivity index (χ3n) is 5.91. The number of aromatic nitrogens is 3. The number of nitrogens with one attached hydrogen (secondary N) is 1. The summed E-state index contributed by atoms with van der Waals surface area (Å²) in [5.41, 5.74) is 1.49. The van der Waals surface area contributed by atoms with E-state index in [0.717, 1.165) is 40.7 Å². The van der Waals surface area contributed by atoms with Crippen molar-refractivity contribution in [1.29, 1.82) is 0 Å². The van der Waals surface area contributed by atoms with Gasteiger partial charge in [-0.3, -0.25) is 4.79 Å². The fraction of sp³-hybridized carbons (Fsp3) is 0.417. The number of aryl methyl sites for hydroxylation is 1. The summed E-state index contributed by atoms with van der Waals surface area (Å²) in [6, 6.07) is 5.16. The van der Waals surface area contributed by atoms with Gasteiger partial charge in [-0.15, -0.1) is 11.3 Å². The second-order valence-electron chi connectivity index (χ2n) is 8.88. The molecule has 0 saturated heterocycles. The second kappa shape index (κ2) is 9.90. The van der Waals surface area contributed by atoms with Gasteiger partial charge < -0.3 is 15.0 Å². The van der Waals surface area contributed by atoms with Crippen molar-refractivity contribution < 1.29 is 22.7 Å². The molecule has 1 atom stereocenters. The average Bonchev–Trinajstić information content (AvgIpc) is 3.21. The Morgan fingerprint density at radius 3 is 2.40 bits per heavy atom. The van der Waals surface area contributed by atoms with Crippen LogP contribution >= 0.6 is 11.3 Å². The third kappa shape index (κ3) is 5.96. The summed E-state index contributed by atoms with van der Waals surface area (Å²) in [5.74, 6) is -1.04. The van der Waals surface area contributed by atoms with E-state index in [2.05, 4.69) is 25.2 Å². The molecule has 4 rings (SSSR count). The van der Waals surface area contributed by atoms with Gasteiger partial charge >= 0.3 is 6.18 Å². The van der Waals surface area contributed by atoms with Crippen molar-refractivity contribution in [3.05, 3.63) is 58.6 Å². The standard InChI is InChI=1S/C24H26F3N5O2S/c1-13-10-28-22(35-13)16-5-15(6-19(7-16)34-20-8-18(9-20)32(3)4)21(33)31-14(2)17-11-29-23(30-12-17)24(25,26)27/h5-7,10-12,14,18,20H,8-9H2,1-4H3,(H,31,33)/t14?,18-,20-. The molecule has 1 saturated carbocycles. The summed E-state index contributed by atoms with van der Waals surface area (Å²) in [7, 11) is 4.08. The molecule has 11 heteroatoms. The zero-order valence-corrected chi connectivity index (χ0v) is 20.6. The van der Waals surface area contributed by atoms with Crippen LogP contribution in [0.15, 0.2) is 36.8 Å². The number of carbonyl (C=O) groups is 1. The van der Waals surface area contributed by atoms with Crippen molar-refractivity contribution in [1.82, 2.24) is 25.2 Å². The molecule has 2 aromatic heterocycles. The van der Waals surface area contributed by atoms with Crippen LogP contribution in [0, 0.1) is 6.92 Å². The van der Waals surface area contributed by atoms with Gasteiger partial charge in [0.2, 0.25) is 5.82 Å². The quantitative estimate of drug-likeness (QED) is 0.493. The normalized spacial score (nSPS) is 18.7. The van der Waals surface area contributed by atoms with Gasteiger partial charge in [-0.05, 0) is 59.0 Å². The zero-order valence-electron chi connectivity index (χ0n) is 19.8. The summed E-state index contributed by atoms with van der Waals surface area (Å²) in [6.07, 6.45) is 1.16. The molecule has 1 unspecified atom stereocenters. The highest BCUT2D eigenvalue weighted by Gasteiger charge is 2.34. The fourth-order valence-electron chi connectivity index (χ4n) is 3.73. The van der Waals surface area contributed by atoms with Crippen LogP contribution in [0.25, 0.3) is 10.6 Å². The first kappa shape index (κ1) is 25.1. The predicted octanol–water partition coefficient (Wildman–Crippen LogP) is 4.89. The molecule has 35 heavy (non-hydrogen) atoms. The first-order valence-corrected chi connectivity index (χ1v) is 11.9. The Kier molecular flexibility index (Phi) is 7.09. The first-order valence-electron chi connectivity index (χ1n) is 11.1. The van der Waals surface area contributed by atoms with Crippen LogP contribution in [-0.2, 0) is 6.18 Å². The number of rotatable bonds is 7. The van der Waals surface area contributed by atoms with Crippen LogP contribution in [-0.4, -0.2) is 52.0 Å². The van der Waals surface area contributed by atoms with E-state index in [1.54, 1.807) is 25.3 Å². The van der Waals surface area contributed by atoms with Crippen molar-refractivity contribution >= 4 is 17.2 Å². The maximum absolute atomic E-state index is 13.1. The maximum atomic E-state index is 13.1. The molecule has 1 fully saturated rings. The Morgan fingerprint density at radius 2 is 1.83 bits per heavy atom. The molecule has 1 aromatic carbocycles. The molecule has 1 N–H and O–H groups in total. The van der Waals surface area contributed by atoms with Gasteiger partial charge in [0.25, 0.3) is 5.91 Å². The SMILES string of the molecule is Cc1cnc(-c2cc(O[C@H]3C[C@H](N(C)C)C3)cc(C(=O)NC(C)c3cnc(C(F)(F)F)nc3)c2)s1. The molecule has 0 radical (unpaired) electrons. The molecular formula is C24H26F3N5O2S. The topological polar surface area (TPSA) is 80.2 Å². The van der Waals surface area contributed by atoms with Crippen molar-refractivity contribution in [2.45, 2.75) is 51.1 Å². The molecule has 186 valence electrons. The number of carbonyl (C=O) groups excluding carboxylic acids is 1. The highest BCUT2D eigenvalue weighted by atomic mass is 32.1. The van der Waals surface area contributed by atoms with Crippen LogP contribution in [0.4, 0.5) is 13.2 Å². The Labute approximate surface area is 205 Å². The number of alkyl halides is 3. The van der Waals surface area contributed by atoms with Gasteiger partial charge in [0.15, 0.2) is 0 Å². The smallest absolute Gasteiger partial charge is 0.451 e. The van der Waals surface area contributed by atoms with E-state index in [4.69, 9.17) is 4.74 Å². The summed E-state index contributed by atoms with van der Waals surface area (Å²) in [6.45, 7) is 3.61. The highest BCUT2D eigenvalue weighted by Crippen LogP contribution is 2.33. The number of nitrogens with zero attached hydrogens (tertiary/aromatic N) is 4. The lowest BCUT2D eigenvalue weighted by atomic mass is 9.88. The number of halogens is 3. The van der Waals surface area contributed by atoms with E-state index >= 15 is 0 Å². The Hall–Kier alpha value is -3.05. The van der Waals surface area contributed by atoms with Gasteiger partial charge in [0.05, 0.1) is 6.04 Å². The number of amides is 1. The Balaban J connectivity index is 1.53. The molecule has 2 heterocycles. The predicted molar refractivity (Wildman–Crippen MR) is 126 cm³/mol. The van der Waals surface area contributed by atoms with Crippen molar-refractivity contribution in [2.75, 3.05) is 14.1 Å². The van der Waals surface area contributed by atoms with E-state index in [9.17, 15) is 18.0 Å². The molecule has 0 bridgehead atoms. The minimum atomic E-state index is -4.62. The molecule has 7 nitrogen and oxygen atoms in total. The first-order chi connectivity index (χ1) is 16.5. The van der Waals surface area contributed by atoms with E-state index in [1.165, 1.54) is 11.3 Å².